The number of hydrogen-bond donors (Lipinski definition) is 2. The molecule has 0 radical (unpaired) electrons. The molecule has 0 aromatic heterocycles. The summed E-state index contributed by atoms with van der Waals surface area (Å²) in [6, 6.07) is 5.65. The summed E-state index contributed by atoms with van der Waals surface area (Å²) in [7, 11) is 0. The van der Waals surface area contributed by atoms with Crippen LogP contribution < -0.4 is 0 Å². The van der Waals surface area contributed by atoms with E-state index in [0.717, 1.165) is 11.1 Å². The van der Waals surface area contributed by atoms with Crippen molar-refractivity contribution in [1.29, 1.82) is 10.9 Å². The van der Waals surface area contributed by atoms with Crippen molar-refractivity contribution in [2.45, 2.75) is 19.8 Å². The Morgan fingerprint density at radius 2 is 2.19 bits per heavy atom. The molecule has 0 unspecified atom stereocenters. The van der Waals surface area contributed by atoms with Crippen LogP contribution in [0.1, 0.15) is 29.5 Å². The van der Waals surface area contributed by atoms with E-state index in [0.29, 0.717) is 11.5 Å². The van der Waals surface area contributed by atoms with Crippen molar-refractivity contribution in [3.63, 3.8) is 0 Å². The van der Waals surface area contributed by atoms with Crippen LogP contribution in [-0.2, 0) is 0 Å². The van der Waals surface area contributed by atoms with Gasteiger partial charge in [0.1, 0.15) is 0 Å². The molecule has 1 fully saturated rings. The predicted octanol–water partition coefficient (Wildman–Crippen LogP) is 3.11. The lowest BCUT2D eigenvalue weighted by atomic mass is 10.0. The van der Waals surface area contributed by atoms with Gasteiger partial charge >= 0.3 is 0 Å². The molecular weight excluding hydrogens is 198 g/mol. The number of benzene rings is 1. The van der Waals surface area contributed by atoms with Gasteiger partial charge in [-0.25, -0.2) is 5.53 Å². The van der Waals surface area contributed by atoms with Crippen LogP contribution in [0, 0.1) is 35.6 Å². The molecule has 0 atom stereocenters. The summed E-state index contributed by atoms with van der Waals surface area (Å²) in [6.45, 7) is 1.91. The van der Waals surface area contributed by atoms with Crippen LogP contribution in [-0.4, -0.2) is 5.84 Å². The third-order valence-electron chi connectivity index (χ3n) is 2.59. The molecule has 1 aromatic carbocycles. The van der Waals surface area contributed by atoms with Gasteiger partial charge in [0.05, 0.1) is 0 Å². The van der Waals surface area contributed by atoms with E-state index in [-0.39, 0.29) is 5.84 Å². The van der Waals surface area contributed by atoms with Crippen molar-refractivity contribution in [3.05, 3.63) is 34.9 Å². The lowest BCUT2D eigenvalue weighted by Gasteiger charge is -2.02. The lowest BCUT2D eigenvalue weighted by molar-refractivity contribution is 1.16. The Bertz CT molecular complexity index is 502. The minimum absolute atomic E-state index is 0.000739. The summed E-state index contributed by atoms with van der Waals surface area (Å²) in [5.41, 5.74) is 9.44. The van der Waals surface area contributed by atoms with Crippen LogP contribution in [0.3, 0.4) is 0 Å². The summed E-state index contributed by atoms with van der Waals surface area (Å²) in [5.74, 6) is 6.93. The molecule has 3 nitrogen and oxygen atoms in total. The third-order valence-corrected chi connectivity index (χ3v) is 2.59. The SMILES string of the molecule is Cc1cc(C#CC2CC2)ccc1C(=N)N=N. The summed E-state index contributed by atoms with van der Waals surface area (Å²) < 4.78 is 0. The number of amidine groups is 1. The molecule has 3 heteroatoms. The zero-order valence-corrected chi connectivity index (χ0v) is 9.17. The first-order valence-corrected chi connectivity index (χ1v) is 5.29. The average Bonchev–Trinajstić information content (AvgIpc) is 3.09. The minimum Gasteiger partial charge on any atom is -0.281 e. The van der Waals surface area contributed by atoms with Gasteiger partial charge in [-0.1, -0.05) is 11.8 Å². The number of aryl methyl sites for hydroxylation is 1. The Labute approximate surface area is 94.9 Å². The maximum Gasteiger partial charge on any atom is 0.173 e. The lowest BCUT2D eigenvalue weighted by Crippen LogP contribution is -1.97. The van der Waals surface area contributed by atoms with E-state index >= 15 is 0 Å². The second kappa shape index (κ2) is 4.28. The van der Waals surface area contributed by atoms with E-state index < -0.39 is 0 Å². The van der Waals surface area contributed by atoms with Crippen LogP contribution >= 0.6 is 0 Å². The zero-order valence-electron chi connectivity index (χ0n) is 9.17. The van der Waals surface area contributed by atoms with Crippen LogP contribution in [0.2, 0.25) is 0 Å². The molecule has 0 aliphatic heterocycles. The first kappa shape index (κ1) is 10.6. The molecule has 0 amide bonds. The van der Waals surface area contributed by atoms with E-state index in [9.17, 15) is 0 Å². The van der Waals surface area contributed by atoms with Gasteiger partial charge in [0.15, 0.2) is 5.84 Å². The second-order valence-corrected chi connectivity index (χ2v) is 4.03. The highest BCUT2D eigenvalue weighted by molar-refractivity contribution is 5.97. The number of nitrogens with zero attached hydrogens (tertiary/aromatic N) is 1. The molecule has 0 saturated heterocycles. The third kappa shape index (κ3) is 2.34. The van der Waals surface area contributed by atoms with Crippen LogP contribution in [0.25, 0.3) is 0 Å². The Hall–Kier alpha value is -1.95. The number of nitrogens with one attached hydrogen (secondary N) is 2. The van der Waals surface area contributed by atoms with E-state index in [1.807, 2.05) is 25.1 Å². The quantitative estimate of drug-likeness (QED) is 0.310. The van der Waals surface area contributed by atoms with Gasteiger partial charge < -0.3 is 0 Å². The fraction of sp³-hybridized carbons (Fsp3) is 0.308. The fourth-order valence-corrected chi connectivity index (χ4v) is 1.48. The van der Waals surface area contributed by atoms with Crippen molar-refractivity contribution in [2.75, 3.05) is 0 Å². The van der Waals surface area contributed by atoms with Gasteiger partial charge in [-0.3, -0.25) is 5.41 Å². The molecule has 80 valence electrons. The monoisotopic (exact) mass is 211 g/mol. The van der Waals surface area contributed by atoms with E-state index in [1.165, 1.54) is 12.8 Å². The Morgan fingerprint density at radius 1 is 1.44 bits per heavy atom. The van der Waals surface area contributed by atoms with Crippen LogP contribution in [0.4, 0.5) is 0 Å². The summed E-state index contributed by atoms with van der Waals surface area (Å²) >= 11 is 0. The summed E-state index contributed by atoms with van der Waals surface area (Å²) in [4.78, 5) is 0. The van der Waals surface area contributed by atoms with Crippen molar-refractivity contribution in [3.8, 4) is 11.8 Å². The molecule has 1 aliphatic carbocycles. The molecule has 16 heavy (non-hydrogen) atoms. The molecule has 2 rings (SSSR count). The number of hydrogen-bond acceptors (Lipinski definition) is 2. The van der Waals surface area contributed by atoms with Crippen molar-refractivity contribution in [1.82, 2.24) is 0 Å². The summed E-state index contributed by atoms with van der Waals surface area (Å²) in [5, 5.41) is 10.6. The normalized spacial score (nSPS) is 13.8. The summed E-state index contributed by atoms with van der Waals surface area (Å²) in [6.07, 6.45) is 2.46. The molecule has 1 aromatic rings. The van der Waals surface area contributed by atoms with Gasteiger partial charge in [0.2, 0.25) is 0 Å². The highest BCUT2D eigenvalue weighted by Gasteiger charge is 2.17. The van der Waals surface area contributed by atoms with Crippen molar-refractivity contribution >= 4 is 5.84 Å². The Kier molecular flexibility index (Phi) is 2.82. The van der Waals surface area contributed by atoms with Crippen LogP contribution in [0.15, 0.2) is 23.3 Å². The Balaban J connectivity index is 2.25. The van der Waals surface area contributed by atoms with E-state index in [2.05, 4.69) is 17.0 Å². The zero-order chi connectivity index (χ0) is 11.5. The Morgan fingerprint density at radius 3 is 2.75 bits per heavy atom. The molecule has 0 bridgehead atoms. The molecule has 1 aliphatic rings. The molecule has 0 heterocycles. The van der Waals surface area contributed by atoms with Crippen molar-refractivity contribution in [2.24, 2.45) is 11.0 Å². The first-order chi connectivity index (χ1) is 7.70. The van der Waals surface area contributed by atoms with Gasteiger partial charge in [0.25, 0.3) is 0 Å². The van der Waals surface area contributed by atoms with Gasteiger partial charge in [-0.15, -0.1) is 5.11 Å². The van der Waals surface area contributed by atoms with Gasteiger partial charge in [0, 0.05) is 17.0 Å². The van der Waals surface area contributed by atoms with E-state index in [4.69, 9.17) is 10.9 Å². The standard InChI is InChI=1S/C13H13N3/c1-9-8-11(5-4-10-2-3-10)6-7-12(9)13(14)16-15/h6-8,10,14-15H,2-3H2,1H3. The molecule has 0 spiro atoms. The molecule has 1 saturated carbocycles. The topological polar surface area (TPSA) is 60.1 Å². The first-order valence-electron chi connectivity index (χ1n) is 5.29. The maximum absolute atomic E-state index is 7.48. The predicted molar refractivity (Wildman–Crippen MR) is 62.8 cm³/mol. The molecule has 2 N–H and O–H groups in total. The fourth-order valence-electron chi connectivity index (χ4n) is 1.48. The minimum atomic E-state index is -0.000739. The number of rotatable bonds is 1. The average molecular weight is 211 g/mol. The highest BCUT2D eigenvalue weighted by Crippen LogP contribution is 2.27. The highest BCUT2D eigenvalue weighted by atomic mass is 15.0. The van der Waals surface area contributed by atoms with Gasteiger partial charge in [-0.2, -0.15) is 0 Å². The van der Waals surface area contributed by atoms with Gasteiger partial charge in [-0.05, 0) is 43.5 Å². The second-order valence-electron chi connectivity index (χ2n) is 4.03. The van der Waals surface area contributed by atoms with E-state index in [1.54, 1.807) is 0 Å². The smallest absolute Gasteiger partial charge is 0.173 e. The van der Waals surface area contributed by atoms with Crippen molar-refractivity contribution < 1.29 is 0 Å². The largest absolute Gasteiger partial charge is 0.281 e. The maximum atomic E-state index is 7.48. The molecular formula is C13H13N3. The van der Waals surface area contributed by atoms with Crippen LogP contribution in [0.5, 0.6) is 0 Å².